The van der Waals surface area contributed by atoms with Crippen molar-refractivity contribution < 1.29 is 0 Å². The van der Waals surface area contributed by atoms with Gasteiger partial charge in [0.2, 0.25) is 11.9 Å². The SMILES string of the molecule is Cc1cc(N2CCN(C(=Nc3cccc4ncccc34)NC#N)C(C(C)C)C2)nc(N)n1. The van der Waals surface area contributed by atoms with Gasteiger partial charge in [0.15, 0.2) is 6.19 Å². The molecule has 2 aromatic heterocycles. The van der Waals surface area contributed by atoms with Gasteiger partial charge >= 0.3 is 0 Å². The van der Waals surface area contributed by atoms with Crippen LogP contribution in [-0.2, 0) is 0 Å². The molecule has 1 fully saturated rings. The highest BCUT2D eigenvalue weighted by Gasteiger charge is 2.32. The fraction of sp³-hybridized carbons (Fsp3) is 0.348. The molecular formula is C23H27N9. The van der Waals surface area contributed by atoms with Crippen molar-refractivity contribution in [3.05, 3.63) is 48.3 Å². The number of anilines is 2. The summed E-state index contributed by atoms with van der Waals surface area (Å²) in [6.45, 7) is 8.40. The molecule has 0 bridgehead atoms. The number of aliphatic imine (C=N–C) groups is 1. The van der Waals surface area contributed by atoms with Gasteiger partial charge < -0.3 is 15.5 Å². The number of aromatic nitrogens is 3. The summed E-state index contributed by atoms with van der Waals surface area (Å²) in [5.41, 5.74) is 8.36. The highest BCUT2D eigenvalue weighted by molar-refractivity contribution is 5.94. The van der Waals surface area contributed by atoms with E-state index >= 15 is 0 Å². The molecule has 3 heterocycles. The van der Waals surface area contributed by atoms with E-state index in [4.69, 9.17) is 10.7 Å². The van der Waals surface area contributed by atoms with E-state index in [1.807, 2.05) is 43.3 Å². The van der Waals surface area contributed by atoms with Gasteiger partial charge in [-0.2, -0.15) is 10.2 Å². The Morgan fingerprint density at radius 3 is 2.84 bits per heavy atom. The number of nitrogen functional groups attached to an aromatic ring is 1. The molecule has 9 nitrogen and oxygen atoms in total. The minimum Gasteiger partial charge on any atom is -0.368 e. The molecule has 32 heavy (non-hydrogen) atoms. The van der Waals surface area contributed by atoms with E-state index < -0.39 is 0 Å². The Morgan fingerprint density at radius 1 is 1.25 bits per heavy atom. The molecule has 0 amide bonds. The van der Waals surface area contributed by atoms with Crippen LogP contribution in [0, 0.1) is 24.3 Å². The first-order valence-corrected chi connectivity index (χ1v) is 10.7. The topological polar surface area (TPSA) is 119 Å². The molecule has 4 rings (SSSR count). The second kappa shape index (κ2) is 9.06. The predicted molar refractivity (Wildman–Crippen MR) is 126 cm³/mol. The lowest BCUT2D eigenvalue weighted by Crippen LogP contribution is -2.59. The van der Waals surface area contributed by atoms with Crippen LogP contribution in [0.4, 0.5) is 17.5 Å². The zero-order chi connectivity index (χ0) is 22.7. The Bertz CT molecular complexity index is 1160. The first kappa shape index (κ1) is 21.3. The van der Waals surface area contributed by atoms with Crippen molar-refractivity contribution in [1.82, 2.24) is 25.2 Å². The standard InChI is InChI=1S/C23H27N9/c1-15(2)20-13-31(21-12-16(3)28-22(25)30-21)10-11-32(20)23(27-14-24)29-19-8-4-7-18-17(19)6-5-9-26-18/h4-9,12,15,20H,10-11,13H2,1-3H3,(H,27,29)(H2,25,28,30). The molecule has 1 aliphatic heterocycles. The summed E-state index contributed by atoms with van der Waals surface area (Å²) in [5, 5.41) is 13.2. The Kier molecular flexibility index (Phi) is 6.03. The molecule has 3 aromatic rings. The van der Waals surface area contributed by atoms with Crippen LogP contribution in [0.25, 0.3) is 10.9 Å². The molecule has 164 valence electrons. The van der Waals surface area contributed by atoms with Crippen LogP contribution >= 0.6 is 0 Å². The van der Waals surface area contributed by atoms with Gasteiger partial charge in [0, 0.05) is 43.0 Å². The van der Waals surface area contributed by atoms with Crippen LogP contribution in [0.5, 0.6) is 0 Å². The minimum atomic E-state index is 0.118. The third-order valence-corrected chi connectivity index (χ3v) is 5.66. The van der Waals surface area contributed by atoms with Crippen molar-refractivity contribution in [2.24, 2.45) is 10.9 Å². The van der Waals surface area contributed by atoms with E-state index in [-0.39, 0.29) is 12.0 Å². The fourth-order valence-corrected chi connectivity index (χ4v) is 4.10. The number of nitrogens with zero attached hydrogens (tertiary/aromatic N) is 7. The monoisotopic (exact) mass is 429 g/mol. The Balaban J connectivity index is 1.68. The maximum Gasteiger partial charge on any atom is 0.222 e. The number of hydrogen-bond acceptors (Lipinski definition) is 7. The van der Waals surface area contributed by atoms with E-state index in [1.54, 1.807) is 6.20 Å². The Hall–Kier alpha value is -3.93. The molecule has 0 aliphatic carbocycles. The summed E-state index contributed by atoms with van der Waals surface area (Å²) in [6, 6.07) is 11.8. The van der Waals surface area contributed by atoms with Crippen molar-refractivity contribution in [2.45, 2.75) is 26.8 Å². The van der Waals surface area contributed by atoms with Gasteiger partial charge in [-0.05, 0) is 37.1 Å². The zero-order valence-corrected chi connectivity index (χ0v) is 18.5. The quantitative estimate of drug-likeness (QED) is 0.282. The van der Waals surface area contributed by atoms with E-state index in [9.17, 15) is 5.26 Å². The minimum absolute atomic E-state index is 0.118. The van der Waals surface area contributed by atoms with Gasteiger partial charge in [-0.15, -0.1) is 0 Å². The van der Waals surface area contributed by atoms with E-state index in [2.05, 4.69) is 50.1 Å². The highest BCUT2D eigenvalue weighted by Crippen LogP contribution is 2.27. The summed E-state index contributed by atoms with van der Waals surface area (Å²) < 4.78 is 0. The van der Waals surface area contributed by atoms with Crippen LogP contribution in [0.1, 0.15) is 19.5 Å². The van der Waals surface area contributed by atoms with Crippen molar-refractivity contribution in [3.8, 4) is 6.19 Å². The number of piperazine rings is 1. The summed E-state index contributed by atoms with van der Waals surface area (Å²) >= 11 is 0. The van der Waals surface area contributed by atoms with Crippen LogP contribution in [0.3, 0.4) is 0 Å². The van der Waals surface area contributed by atoms with Gasteiger partial charge in [0.05, 0.1) is 17.2 Å². The molecule has 9 heteroatoms. The molecule has 1 aliphatic rings. The van der Waals surface area contributed by atoms with Gasteiger partial charge in [-0.3, -0.25) is 10.3 Å². The highest BCUT2D eigenvalue weighted by atomic mass is 15.4. The number of fused-ring (bicyclic) bond motifs is 1. The first-order chi connectivity index (χ1) is 15.5. The maximum absolute atomic E-state index is 9.45. The van der Waals surface area contributed by atoms with Gasteiger partial charge in [-0.1, -0.05) is 19.9 Å². The number of guanidine groups is 1. The molecule has 0 radical (unpaired) electrons. The van der Waals surface area contributed by atoms with Crippen molar-refractivity contribution in [1.29, 1.82) is 5.26 Å². The predicted octanol–water partition coefficient (Wildman–Crippen LogP) is 2.82. The molecule has 1 atom stereocenters. The Morgan fingerprint density at radius 2 is 2.09 bits per heavy atom. The van der Waals surface area contributed by atoms with Crippen LogP contribution in [-0.4, -0.2) is 51.5 Å². The largest absolute Gasteiger partial charge is 0.368 e. The number of nitrogens with two attached hydrogens (primary N) is 1. The number of nitrogens with one attached hydrogen (secondary N) is 1. The fourth-order valence-electron chi connectivity index (χ4n) is 4.10. The second-order valence-corrected chi connectivity index (χ2v) is 8.20. The Labute approximate surface area is 187 Å². The van der Waals surface area contributed by atoms with Gasteiger partial charge in [0.1, 0.15) is 5.82 Å². The van der Waals surface area contributed by atoms with Crippen molar-refractivity contribution in [3.63, 3.8) is 0 Å². The first-order valence-electron chi connectivity index (χ1n) is 10.7. The molecule has 1 saturated heterocycles. The van der Waals surface area contributed by atoms with E-state index in [0.29, 0.717) is 18.4 Å². The maximum atomic E-state index is 9.45. The van der Waals surface area contributed by atoms with Crippen LogP contribution < -0.4 is 16.0 Å². The third-order valence-electron chi connectivity index (χ3n) is 5.66. The van der Waals surface area contributed by atoms with E-state index in [1.165, 1.54) is 0 Å². The number of pyridine rings is 1. The summed E-state index contributed by atoms with van der Waals surface area (Å²) in [5.74, 6) is 1.96. The zero-order valence-electron chi connectivity index (χ0n) is 18.5. The van der Waals surface area contributed by atoms with Gasteiger partial charge in [-0.25, -0.2) is 9.98 Å². The number of aryl methyl sites for hydroxylation is 1. The average molecular weight is 430 g/mol. The lowest BCUT2D eigenvalue weighted by Gasteiger charge is -2.44. The molecule has 0 saturated carbocycles. The third kappa shape index (κ3) is 4.39. The lowest BCUT2D eigenvalue weighted by atomic mass is 9.99. The van der Waals surface area contributed by atoms with E-state index in [0.717, 1.165) is 41.2 Å². The number of rotatable bonds is 3. The molecular weight excluding hydrogens is 402 g/mol. The lowest BCUT2D eigenvalue weighted by molar-refractivity contribution is 0.220. The summed E-state index contributed by atoms with van der Waals surface area (Å²) in [4.78, 5) is 22.3. The molecule has 0 spiro atoms. The number of hydrogen-bond donors (Lipinski definition) is 2. The molecule has 1 unspecified atom stereocenters. The van der Waals surface area contributed by atoms with Crippen LogP contribution in [0.2, 0.25) is 0 Å². The average Bonchev–Trinajstić information content (AvgIpc) is 2.78. The second-order valence-electron chi connectivity index (χ2n) is 8.20. The summed E-state index contributed by atoms with van der Waals surface area (Å²) in [7, 11) is 0. The normalized spacial score (nSPS) is 17.0. The van der Waals surface area contributed by atoms with Crippen molar-refractivity contribution in [2.75, 3.05) is 30.3 Å². The van der Waals surface area contributed by atoms with Gasteiger partial charge in [0.25, 0.3) is 0 Å². The number of nitriles is 1. The van der Waals surface area contributed by atoms with Crippen LogP contribution in [0.15, 0.2) is 47.6 Å². The molecule has 1 aromatic carbocycles. The van der Waals surface area contributed by atoms with Crippen molar-refractivity contribution >= 4 is 34.3 Å². The molecule has 3 N–H and O–H groups in total. The smallest absolute Gasteiger partial charge is 0.222 e. The summed E-state index contributed by atoms with van der Waals surface area (Å²) in [6.07, 6.45) is 3.83. The number of benzene rings is 1.